The van der Waals surface area contributed by atoms with Crippen LogP contribution in [0.5, 0.6) is 5.75 Å². The van der Waals surface area contributed by atoms with Crippen LogP contribution in [0.25, 0.3) is 0 Å². The maximum absolute atomic E-state index is 14.1. The van der Waals surface area contributed by atoms with E-state index < -0.39 is 17.7 Å². The third kappa shape index (κ3) is 6.79. The molecule has 1 aliphatic rings. The van der Waals surface area contributed by atoms with Gasteiger partial charge >= 0.3 is 6.18 Å². The summed E-state index contributed by atoms with van der Waals surface area (Å²) in [5.74, 6) is -0.123. The summed E-state index contributed by atoms with van der Waals surface area (Å²) in [5, 5.41) is 18.4. The predicted molar refractivity (Wildman–Crippen MR) is 151 cm³/mol. The number of aromatic nitrogens is 1. The summed E-state index contributed by atoms with van der Waals surface area (Å²) in [4.78, 5) is 20.3. The molecule has 1 unspecified atom stereocenters. The predicted octanol–water partition coefficient (Wildman–Crippen LogP) is 7.59. The number of fused-ring (bicyclic) bond motifs is 1. The monoisotopic (exact) mass is 549 g/mol. The minimum Gasteiger partial charge on any atom is -0.508 e. The number of hydrogen-bond acceptors (Lipinski definition) is 4. The van der Waals surface area contributed by atoms with Gasteiger partial charge in [-0.2, -0.15) is 13.2 Å². The number of halogens is 3. The Balaban J connectivity index is 1.58. The van der Waals surface area contributed by atoms with Gasteiger partial charge in [-0.25, -0.2) is 0 Å². The van der Waals surface area contributed by atoms with Gasteiger partial charge in [0.05, 0.1) is 29.9 Å². The van der Waals surface area contributed by atoms with Gasteiger partial charge in [0.25, 0.3) is 0 Å². The average Bonchev–Trinajstić information content (AvgIpc) is 2.94. The largest absolute Gasteiger partial charge is 0.508 e. The summed E-state index contributed by atoms with van der Waals surface area (Å²) in [6.07, 6.45) is 3.52. The Labute approximate surface area is 232 Å². The first kappa shape index (κ1) is 29.1. The van der Waals surface area contributed by atoms with E-state index in [0.29, 0.717) is 36.9 Å². The Morgan fingerprint density at radius 1 is 1.15 bits per heavy atom. The van der Waals surface area contributed by atoms with Crippen molar-refractivity contribution in [1.29, 1.82) is 5.41 Å². The lowest BCUT2D eigenvalue weighted by molar-refractivity contribution is -0.137. The Bertz CT molecular complexity index is 1360. The van der Waals surface area contributed by atoms with Crippen molar-refractivity contribution in [2.45, 2.75) is 64.0 Å². The van der Waals surface area contributed by atoms with Crippen molar-refractivity contribution < 1.29 is 23.1 Å². The zero-order chi connectivity index (χ0) is 28.9. The maximum Gasteiger partial charge on any atom is 0.416 e. The number of anilines is 1. The van der Waals surface area contributed by atoms with Crippen molar-refractivity contribution in [3.63, 3.8) is 0 Å². The highest BCUT2D eigenvalue weighted by molar-refractivity contribution is 6.00. The van der Waals surface area contributed by atoms with Crippen LogP contribution < -0.4 is 4.90 Å². The summed E-state index contributed by atoms with van der Waals surface area (Å²) in [5.41, 5.74) is 3.85. The summed E-state index contributed by atoms with van der Waals surface area (Å²) in [7, 11) is 0. The van der Waals surface area contributed by atoms with Crippen molar-refractivity contribution in [2.75, 3.05) is 11.4 Å². The zero-order valence-corrected chi connectivity index (χ0v) is 22.7. The topological polar surface area (TPSA) is 77.3 Å². The van der Waals surface area contributed by atoms with Crippen LogP contribution in [0.2, 0.25) is 0 Å². The average molecular weight is 550 g/mol. The highest BCUT2D eigenvalue weighted by Gasteiger charge is 2.32. The van der Waals surface area contributed by atoms with Gasteiger partial charge < -0.3 is 15.4 Å². The van der Waals surface area contributed by atoms with Gasteiger partial charge in [-0.3, -0.25) is 9.78 Å². The number of amides is 1. The Kier molecular flexibility index (Phi) is 9.07. The molecule has 3 aromatic rings. The number of alkyl halides is 3. The van der Waals surface area contributed by atoms with E-state index in [-0.39, 0.29) is 24.1 Å². The molecule has 0 bridgehead atoms. The van der Waals surface area contributed by atoms with Crippen LogP contribution in [-0.4, -0.2) is 28.8 Å². The number of pyridine rings is 1. The van der Waals surface area contributed by atoms with Crippen molar-refractivity contribution >= 4 is 17.8 Å². The highest BCUT2D eigenvalue weighted by Crippen LogP contribution is 2.38. The number of hydrogen-bond donors (Lipinski definition) is 2. The molecule has 2 aromatic carbocycles. The van der Waals surface area contributed by atoms with Crippen molar-refractivity contribution in [3.05, 3.63) is 100 Å². The molecule has 0 saturated carbocycles. The smallest absolute Gasteiger partial charge is 0.416 e. The maximum atomic E-state index is 14.1. The van der Waals surface area contributed by atoms with E-state index in [9.17, 15) is 23.1 Å². The minimum absolute atomic E-state index is 0.124. The number of nitrogens with one attached hydrogen (secondary N) is 1. The zero-order valence-electron chi connectivity index (χ0n) is 22.7. The molecule has 0 saturated heterocycles. The number of aromatic hydroxyl groups is 1. The van der Waals surface area contributed by atoms with Gasteiger partial charge in [0.15, 0.2) is 0 Å². The molecule has 5 nitrogen and oxygen atoms in total. The van der Waals surface area contributed by atoms with E-state index in [2.05, 4.69) is 4.98 Å². The van der Waals surface area contributed by atoms with Gasteiger partial charge in [-0.05, 0) is 90.6 Å². The molecular formula is C32H34F3N3O2. The minimum atomic E-state index is -4.37. The molecule has 1 heterocycles. The fourth-order valence-corrected chi connectivity index (χ4v) is 5.11. The van der Waals surface area contributed by atoms with Crippen LogP contribution in [0.15, 0.2) is 72.4 Å². The number of nitrogens with zero attached hydrogens (tertiary/aromatic N) is 2. The Morgan fingerprint density at radius 3 is 2.52 bits per heavy atom. The number of phenols is 1. The van der Waals surface area contributed by atoms with Crippen LogP contribution in [0, 0.1) is 5.41 Å². The second kappa shape index (κ2) is 12.5. The van der Waals surface area contributed by atoms with E-state index in [0.717, 1.165) is 40.9 Å². The van der Waals surface area contributed by atoms with Crippen LogP contribution in [0.4, 0.5) is 18.9 Å². The van der Waals surface area contributed by atoms with Crippen molar-refractivity contribution in [3.8, 4) is 5.75 Å². The lowest BCUT2D eigenvalue weighted by Gasteiger charge is -2.31. The first-order chi connectivity index (χ1) is 19.1. The molecule has 0 spiro atoms. The molecular weight excluding hydrogens is 515 g/mol. The van der Waals surface area contributed by atoms with Gasteiger partial charge in [0, 0.05) is 11.9 Å². The lowest BCUT2D eigenvalue weighted by atomic mass is 9.81. The first-order valence-electron chi connectivity index (χ1n) is 13.5. The molecule has 4 rings (SSSR count). The second-order valence-corrected chi connectivity index (χ2v) is 10.5. The second-order valence-electron chi connectivity index (χ2n) is 10.5. The fourth-order valence-electron chi connectivity index (χ4n) is 5.11. The molecule has 0 aliphatic heterocycles. The molecule has 0 radical (unpaired) electrons. The number of benzene rings is 2. The van der Waals surface area contributed by atoms with Crippen LogP contribution in [0.1, 0.15) is 72.9 Å². The van der Waals surface area contributed by atoms with Crippen LogP contribution in [-0.2, 0) is 23.8 Å². The quantitative estimate of drug-likeness (QED) is 0.270. The van der Waals surface area contributed by atoms with E-state index in [1.165, 1.54) is 18.3 Å². The van der Waals surface area contributed by atoms with E-state index in [1.54, 1.807) is 23.2 Å². The van der Waals surface area contributed by atoms with Crippen LogP contribution >= 0.6 is 0 Å². The Hall–Kier alpha value is -3.94. The molecule has 1 aliphatic carbocycles. The molecule has 1 atom stereocenters. The number of phenolic OH excluding ortho intramolecular Hbond substituents is 1. The lowest BCUT2D eigenvalue weighted by Crippen LogP contribution is -2.38. The van der Waals surface area contributed by atoms with Gasteiger partial charge in [0.1, 0.15) is 5.75 Å². The molecule has 8 heteroatoms. The van der Waals surface area contributed by atoms with E-state index in [1.807, 2.05) is 38.1 Å². The summed E-state index contributed by atoms with van der Waals surface area (Å²) >= 11 is 0. The normalized spacial score (nSPS) is 15.6. The van der Waals surface area contributed by atoms with E-state index in [4.69, 9.17) is 5.41 Å². The summed E-state index contributed by atoms with van der Waals surface area (Å²) < 4.78 is 38.6. The summed E-state index contributed by atoms with van der Waals surface area (Å²) in [6.45, 7) is 4.24. The molecule has 0 fully saturated rings. The Morgan fingerprint density at radius 2 is 1.90 bits per heavy atom. The number of aryl methyl sites for hydroxylation is 1. The molecule has 1 amide bonds. The van der Waals surface area contributed by atoms with Gasteiger partial charge in [-0.1, -0.05) is 44.2 Å². The van der Waals surface area contributed by atoms with Crippen molar-refractivity contribution in [2.24, 2.45) is 0 Å². The number of carbonyl (C=O) groups is 1. The SMILES string of the molecule is CC(C)c1ccc(N(C/C(C=N)=C/CCc2ccc(C(F)(F)F)cc2)C(=O)C2CCCc3c(O)cccc32)cn1. The number of allylic oxidation sites excluding steroid dienone is 1. The molecule has 2 N–H and O–H groups in total. The molecule has 40 heavy (non-hydrogen) atoms. The highest BCUT2D eigenvalue weighted by atomic mass is 19.4. The molecule has 1 aromatic heterocycles. The standard InChI is InChI=1S/C32H34F3N3O2/c1-21(2)29-17-16-25(19-37-29)38(31(40)28-10-4-9-27-26(28)8-5-11-30(27)39)20-23(18-36)7-3-6-22-12-14-24(15-13-22)32(33,34)35/h5,7-8,11-19,21,28,36,39H,3-4,6,9-10,20H2,1-2H3/b23-7+,36-18?. The van der Waals surface area contributed by atoms with E-state index >= 15 is 0 Å². The van der Waals surface area contributed by atoms with Gasteiger partial charge in [0.2, 0.25) is 5.91 Å². The summed E-state index contributed by atoms with van der Waals surface area (Å²) in [6, 6.07) is 14.2. The fraction of sp³-hybridized carbons (Fsp3) is 0.344. The molecule has 210 valence electrons. The third-order valence-electron chi connectivity index (χ3n) is 7.37. The number of carbonyl (C=O) groups excluding carboxylic acids is 1. The van der Waals surface area contributed by atoms with Crippen molar-refractivity contribution in [1.82, 2.24) is 4.98 Å². The third-order valence-corrected chi connectivity index (χ3v) is 7.37. The first-order valence-corrected chi connectivity index (χ1v) is 13.5. The number of rotatable bonds is 9. The van der Waals surface area contributed by atoms with Gasteiger partial charge in [-0.15, -0.1) is 0 Å². The van der Waals surface area contributed by atoms with Crippen LogP contribution in [0.3, 0.4) is 0 Å².